The predicted octanol–water partition coefficient (Wildman–Crippen LogP) is 4.51. The Kier molecular flexibility index (Phi) is 4.52. The first-order valence-electron chi connectivity index (χ1n) is 8.64. The van der Waals surface area contributed by atoms with E-state index >= 15 is 0 Å². The van der Waals surface area contributed by atoms with Gasteiger partial charge in [-0.3, -0.25) is 4.72 Å². The Morgan fingerprint density at radius 3 is 2.25 bits per heavy atom. The third kappa shape index (κ3) is 3.70. The molecule has 1 aromatic heterocycles. The molecule has 3 aromatic carbocycles. The highest BCUT2D eigenvalue weighted by Crippen LogP contribution is 2.35. The molecule has 0 saturated heterocycles. The van der Waals surface area contributed by atoms with Gasteiger partial charge >= 0.3 is 0 Å². The summed E-state index contributed by atoms with van der Waals surface area (Å²) < 4.78 is 30.6. The highest BCUT2D eigenvalue weighted by atomic mass is 32.2. The third-order valence-electron chi connectivity index (χ3n) is 4.34. The molecule has 0 aliphatic carbocycles. The number of benzene rings is 3. The number of pyridine rings is 1. The molecule has 1 heterocycles. The normalized spacial score (nSPS) is 11.5. The summed E-state index contributed by atoms with van der Waals surface area (Å²) in [5.74, 6) is 0.750. The van der Waals surface area contributed by atoms with Crippen molar-refractivity contribution in [2.75, 3.05) is 23.4 Å². The van der Waals surface area contributed by atoms with Crippen LogP contribution in [0.5, 0.6) is 5.75 Å². The van der Waals surface area contributed by atoms with E-state index in [2.05, 4.69) is 10.0 Å². The fourth-order valence-electron chi connectivity index (χ4n) is 3.11. The van der Waals surface area contributed by atoms with Gasteiger partial charge in [-0.25, -0.2) is 13.4 Å². The minimum Gasteiger partial charge on any atom is -0.497 e. The zero-order valence-electron chi connectivity index (χ0n) is 15.4. The molecule has 4 rings (SSSR count). The van der Waals surface area contributed by atoms with Gasteiger partial charge in [0.1, 0.15) is 5.75 Å². The van der Waals surface area contributed by atoms with Crippen molar-refractivity contribution in [1.82, 2.24) is 4.98 Å². The van der Waals surface area contributed by atoms with Crippen LogP contribution < -0.4 is 14.8 Å². The Hall–Kier alpha value is -3.32. The van der Waals surface area contributed by atoms with Crippen LogP contribution in [0.1, 0.15) is 0 Å². The number of ether oxygens (including phenoxy) is 1. The maximum Gasteiger partial charge on any atom is 0.229 e. The molecule has 28 heavy (non-hydrogen) atoms. The van der Waals surface area contributed by atoms with Gasteiger partial charge < -0.3 is 10.1 Å². The number of para-hydroxylation sites is 1. The zero-order chi connectivity index (χ0) is 19.7. The molecule has 6 nitrogen and oxygen atoms in total. The van der Waals surface area contributed by atoms with Gasteiger partial charge in [0.15, 0.2) is 0 Å². The Morgan fingerprint density at radius 1 is 0.857 bits per heavy atom. The van der Waals surface area contributed by atoms with Gasteiger partial charge in [-0.2, -0.15) is 0 Å². The van der Waals surface area contributed by atoms with E-state index < -0.39 is 10.0 Å². The van der Waals surface area contributed by atoms with Crippen LogP contribution in [0.2, 0.25) is 0 Å². The van der Waals surface area contributed by atoms with Gasteiger partial charge in [-0.1, -0.05) is 18.2 Å². The van der Waals surface area contributed by atoms with Crippen LogP contribution in [0.25, 0.3) is 21.8 Å². The monoisotopic (exact) mass is 393 g/mol. The lowest BCUT2D eigenvalue weighted by Gasteiger charge is -2.14. The number of aromatic nitrogens is 1. The Bertz CT molecular complexity index is 1270. The van der Waals surface area contributed by atoms with Gasteiger partial charge in [0, 0.05) is 22.1 Å². The van der Waals surface area contributed by atoms with E-state index in [-0.39, 0.29) is 0 Å². The largest absolute Gasteiger partial charge is 0.497 e. The second kappa shape index (κ2) is 7.01. The third-order valence-corrected chi connectivity index (χ3v) is 4.95. The summed E-state index contributed by atoms with van der Waals surface area (Å²) in [7, 11) is -1.67. The molecule has 0 unspecified atom stereocenters. The molecule has 2 N–H and O–H groups in total. The number of hydrogen-bond donors (Lipinski definition) is 2. The van der Waals surface area contributed by atoms with E-state index in [0.717, 1.165) is 45.2 Å². The molecule has 142 valence electrons. The number of sulfonamides is 1. The van der Waals surface area contributed by atoms with Crippen LogP contribution in [0.4, 0.5) is 17.1 Å². The van der Waals surface area contributed by atoms with Crippen LogP contribution >= 0.6 is 0 Å². The van der Waals surface area contributed by atoms with Crippen molar-refractivity contribution in [1.29, 1.82) is 0 Å². The summed E-state index contributed by atoms with van der Waals surface area (Å²) in [6, 6.07) is 20.8. The number of methoxy groups -OCH3 is 1. The number of anilines is 3. The van der Waals surface area contributed by atoms with Crippen molar-refractivity contribution in [3.05, 3.63) is 66.7 Å². The standard InChI is InChI=1S/C21H19N3O3S/c1-27-16-11-12-20-18(13-16)21(17-5-3-4-6-19(17)23-20)22-14-7-9-15(10-8-14)24-28(2,25)26/h3-13,24H,1-2H3,(H,22,23). The lowest BCUT2D eigenvalue weighted by atomic mass is 10.1. The summed E-state index contributed by atoms with van der Waals surface area (Å²) in [4.78, 5) is 4.74. The second-order valence-corrected chi connectivity index (χ2v) is 8.21. The number of rotatable bonds is 5. The maximum absolute atomic E-state index is 11.4. The first kappa shape index (κ1) is 18.1. The summed E-state index contributed by atoms with van der Waals surface area (Å²) in [5, 5.41) is 5.39. The summed E-state index contributed by atoms with van der Waals surface area (Å²) >= 11 is 0. The molecular formula is C21H19N3O3S. The van der Waals surface area contributed by atoms with E-state index in [1.165, 1.54) is 0 Å². The molecule has 0 bridgehead atoms. The van der Waals surface area contributed by atoms with Gasteiger partial charge in [0.2, 0.25) is 10.0 Å². The van der Waals surface area contributed by atoms with Crippen molar-refractivity contribution < 1.29 is 13.2 Å². The minimum absolute atomic E-state index is 0.513. The van der Waals surface area contributed by atoms with E-state index in [1.807, 2.05) is 54.6 Å². The first-order valence-corrected chi connectivity index (χ1v) is 10.5. The first-order chi connectivity index (χ1) is 13.4. The van der Waals surface area contributed by atoms with Crippen LogP contribution in [0, 0.1) is 0 Å². The minimum atomic E-state index is -3.31. The fraction of sp³-hybridized carbons (Fsp3) is 0.0952. The van der Waals surface area contributed by atoms with Gasteiger partial charge in [-0.15, -0.1) is 0 Å². The van der Waals surface area contributed by atoms with E-state index in [1.54, 1.807) is 19.2 Å². The van der Waals surface area contributed by atoms with Gasteiger partial charge in [0.05, 0.1) is 30.1 Å². The van der Waals surface area contributed by atoms with Crippen molar-refractivity contribution >= 4 is 48.9 Å². The highest BCUT2D eigenvalue weighted by Gasteiger charge is 2.11. The molecule has 0 fully saturated rings. The summed E-state index contributed by atoms with van der Waals surface area (Å²) in [6.07, 6.45) is 1.13. The molecule has 0 atom stereocenters. The quantitative estimate of drug-likeness (QED) is 0.488. The number of fused-ring (bicyclic) bond motifs is 2. The van der Waals surface area contributed by atoms with E-state index in [0.29, 0.717) is 5.69 Å². The lowest BCUT2D eigenvalue weighted by molar-refractivity contribution is 0.415. The summed E-state index contributed by atoms with van der Waals surface area (Å²) in [5.41, 5.74) is 4.01. The van der Waals surface area contributed by atoms with Crippen molar-refractivity contribution in [3.63, 3.8) is 0 Å². The Morgan fingerprint density at radius 2 is 1.54 bits per heavy atom. The highest BCUT2D eigenvalue weighted by molar-refractivity contribution is 7.92. The molecule has 0 aliphatic heterocycles. The van der Waals surface area contributed by atoms with Gasteiger partial charge in [0.25, 0.3) is 0 Å². The van der Waals surface area contributed by atoms with Crippen molar-refractivity contribution in [2.45, 2.75) is 0 Å². The average molecular weight is 393 g/mol. The van der Waals surface area contributed by atoms with Crippen molar-refractivity contribution in [2.24, 2.45) is 0 Å². The number of nitrogens with zero attached hydrogens (tertiary/aromatic N) is 1. The molecule has 7 heteroatoms. The van der Waals surface area contributed by atoms with E-state index in [4.69, 9.17) is 9.72 Å². The summed E-state index contributed by atoms with van der Waals surface area (Å²) in [6.45, 7) is 0. The predicted molar refractivity (Wildman–Crippen MR) is 114 cm³/mol. The van der Waals surface area contributed by atoms with Gasteiger partial charge in [-0.05, 0) is 48.5 Å². The molecular weight excluding hydrogens is 374 g/mol. The molecule has 0 saturated carbocycles. The van der Waals surface area contributed by atoms with Crippen LogP contribution in [0.15, 0.2) is 66.7 Å². The second-order valence-electron chi connectivity index (χ2n) is 6.46. The van der Waals surface area contributed by atoms with Crippen LogP contribution in [-0.2, 0) is 10.0 Å². The van der Waals surface area contributed by atoms with E-state index in [9.17, 15) is 8.42 Å². The Balaban J connectivity index is 1.81. The Labute approximate surface area is 163 Å². The lowest BCUT2D eigenvalue weighted by Crippen LogP contribution is -2.09. The molecule has 0 spiro atoms. The average Bonchev–Trinajstić information content (AvgIpc) is 2.68. The molecule has 0 radical (unpaired) electrons. The van der Waals surface area contributed by atoms with Crippen LogP contribution in [0.3, 0.4) is 0 Å². The van der Waals surface area contributed by atoms with Crippen molar-refractivity contribution in [3.8, 4) is 5.75 Å². The fourth-order valence-corrected chi connectivity index (χ4v) is 3.68. The smallest absolute Gasteiger partial charge is 0.229 e. The SMILES string of the molecule is COc1ccc2nc3ccccc3c(Nc3ccc(NS(C)(=O)=O)cc3)c2c1. The molecule has 0 amide bonds. The van der Waals surface area contributed by atoms with Crippen LogP contribution in [-0.4, -0.2) is 26.8 Å². The molecule has 4 aromatic rings. The number of nitrogens with one attached hydrogen (secondary N) is 2. The maximum atomic E-state index is 11.4. The molecule has 0 aliphatic rings. The number of hydrogen-bond acceptors (Lipinski definition) is 5. The topological polar surface area (TPSA) is 80.3 Å². The zero-order valence-corrected chi connectivity index (χ0v) is 16.2.